The van der Waals surface area contributed by atoms with Gasteiger partial charge in [-0.2, -0.15) is 0 Å². The van der Waals surface area contributed by atoms with Crippen LogP contribution < -0.4 is 18.9 Å². The number of hydrogen-bond donors (Lipinski definition) is 1. The SMILES string of the molecule is COc1ccc(CCc2cc(O)c3c(c2)OCO3)cc1OC. The normalized spacial score (nSPS) is 12.3. The topological polar surface area (TPSA) is 57.2 Å². The zero-order valence-corrected chi connectivity index (χ0v) is 12.6. The highest BCUT2D eigenvalue weighted by Crippen LogP contribution is 2.41. The number of methoxy groups -OCH3 is 2. The van der Waals surface area contributed by atoms with Crippen molar-refractivity contribution < 1.29 is 24.1 Å². The van der Waals surface area contributed by atoms with Crippen molar-refractivity contribution in [2.24, 2.45) is 0 Å². The van der Waals surface area contributed by atoms with Gasteiger partial charge in [-0.05, 0) is 48.2 Å². The third kappa shape index (κ3) is 2.74. The Kier molecular flexibility index (Phi) is 3.96. The molecule has 1 N–H and O–H groups in total. The first-order valence-corrected chi connectivity index (χ1v) is 7.03. The fraction of sp³-hybridized carbons (Fsp3) is 0.294. The van der Waals surface area contributed by atoms with Crippen LogP contribution in [0.15, 0.2) is 30.3 Å². The summed E-state index contributed by atoms with van der Waals surface area (Å²) in [6.45, 7) is 0.155. The molecule has 5 heteroatoms. The van der Waals surface area contributed by atoms with E-state index in [1.54, 1.807) is 20.3 Å². The Morgan fingerprint density at radius 3 is 2.50 bits per heavy atom. The van der Waals surface area contributed by atoms with Crippen molar-refractivity contribution >= 4 is 0 Å². The fourth-order valence-electron chi connectivity index (χ4n) is 2.52. The molecule has 2 aromatic rings. The first kappa shape index (κ1) is 14.4. The fourth-order valence-corrected chi connectivity index (χ4v) is 2.52. The van der Waals surface area contributed by atoms with Crippen LogP contribution in [0.3, 0.4) is 0 Å². The molecule has 0 fully saturated rings. The molecule has 0 saturated heterocycles. The lowest BCUT2D eigenvalue weighted by Gasteiger charge is -2.10. The molecule has 5 nitrogen and oxygen atoms in total. The maximum atomic E-state index is 9.92. The van der Waals surface area contributed by atoms with Crippen LogP contribution in [0.25, 0.3) is 0 Å². The predicted octanol–water partition coefficient (Wildman–Crippen LogP) is 2.92. The molecule has 1 heterocycles. The molecule has 0 amide bonds. The molecule has 1 aliphatic heterocycles. The minimum atomic E-state index is 0.123. The third-order valence-corrected chi connectivity index (χ3v) is 3.66. The van der Waals surface area contributed by atoms with Gasteiger partial charge >= 0.3 is 0 Å². The van der Waals surface area contributed by atoms with Gasteiger partial charge in [-0.25, -0.2) is 0 Å². The van der Waals surface area contributed by atoms with Crippen LogP contribution >= 0.6 is 0 Å². The smallest absolute Gasteiger partial charge is 0.231 e. The van der Waals surface area contributed by atoms with Gasteiger partial charge in [-0.1, -0.05) is 6.07 Å². The minimum Gasteiger partial charge on any atom is -0.504 e. The molecule has 0 aliphatic carbocycles. The van der Waals surface area contributed by atoms with E-state index in [1.165, 1.54) is 0 Å². The Hall–Kier alpha value is -2.56. The molecule has 0 aromatic heterocycles. The highest BCUT2D eigenvalue weighted by Gasteiger charge is 2.18. The Balaban J connectivity index is 1.74. The highest BCUT2D eigenvalue weighted by molar-refractivity contribution is 5.54. The molecule has 22 heavy (non-hydrogen) atoms. The molecule has 0 bridgehead atoms. The number of ether oxygens (including phenoxy) is 4. The molecule has 0 radical (unpaired) electrons. The molecule has 1 aliphatic rings. The first-order valence-electron chi connectivity index (χ1n) is 7.03. The summed E-state index contributed by atoms with van der Waals surface area (Å²) in [6.07, 6.45) is 1.60. The van der Waals surface area contributed by atoms with Crippen molar-refractivity contribution in [3.63, 3.8) is 0 Å². The van der Waals surface area contributed by atoms with Crippen molar-refractivity contribution in [3.05, 3.63) is 41.5 Å². The largest absolute Gasteiger partial charge is 0.504 e. The Morgan fingerprint density at radius 2 is 1.73 bits per heavy atom. The zero-order chi connectivity index (χ0) is 15.5. The summed E-state index contributed by atoms with van der Waals surface area (Å²) < 4.78 is 21.1. The number of phenolic OH excluding ortho intramolecular Hbond substituents is 1. The van der Waals surface area contributed by atoms with Crippen LogP contribution in [0.4, 0.5) is 0 Å². The summed E-state index contributed by atoms with van der Waals surface area (Å²) in [5.41, 5.74) is 2.13. The maximum Gasteiger partial charge on any atom is 0.231 e. The van der Waals surface area contributed by atoms with E-state index in [0.717, 1.165) is 24.0 Å². The van der Waals surface area contributed by atoms with Gasteiger partial charge in [0.25, 0.3) is 0 Å². The van der Waals surface area contributed by atoms with E-state index >= 15 is 0 Å². The van der Waals surface area contributed by atoms with Crippen molar-refractivity contribution in [2.75, 3.05) is 21.0 Å². The summed E-state index contributed by atoms with van der Waals surface area (Å²) in [7, 11) is 3.24. The van der Waals surface area contributed by atoms with Crippen molar-refractivity contribution in [3.8, 4) is 28.7 Å². The van der Waals surface area contributed by atoms with Gasteiger partial charge in [0.05, 0.1) is 14.2 Å². The molecular formula is C17H18O5. The summed E-state index contributed by atoms with van der Waals surface area (Å²) in [4.78, 5) is 0. The molecule has 0 unspecified atom stereocenters. The van der Waals surface area contributed by atoms with Crippen LogP contribution in [0, 0.1) is 0 Å². The molecule has 3 rings (SSSR count). The van der Waals surface area contributed by atoms with Crippen LogP contribution in [-0.2, 0) is 12.8 Å². The van der Waals surface area contributed by atoms with Gasteiger partial charge in [0.15, 0.2) is 23.0 Å². The monoisotopic (exact) mass is 302 g/mol. The second-order valence-electron chi connectivity index (χ2n) is 5.04. The molecule has 0 spiro atoms. The van der Waals surface area contributed by atoms with Crippen molar-refractivity contribution in [1.82, 2.24) is 0 Å². The molecule has 2 aromatic carbocycles. The maximum absolute atomic E-state index is 9.92. The van der Waals surface area contributed by atoms with Crippen molar-refractivity contribution in [1.29, 1.82) is 0 Å². The number of phenols is 1. The zero-order valence-electron chi connectivity index (χ0n) is 12.6. The number of aromatic hydroxyl groups is 1. The highest BCUT2D eigenvalue weighted by atomic mass is 16.7. The van der Waals surface area contributed by atoms with E-state index in [9.17, 15) is 5.11 Å². The molecule has 0 saturated carbocycles. The Bertz CT molecular complexity index is 681. The molecule has 0 atom stereocenters. The number of aryl methyl sites for hydroxylation is 2. The summed E-state index contributed by atoms with van der Waals surface area (Å²) >= 11 is 0. The van der Waals surface area contributed by atoms with Gasteiger partial charge in [-0.15, -0.1) is 0 Å². The molecule has 116 valence electrons. The second kappa shape index (κ2) is 6.05. The number of benzene rings is 2. The standard InChI is InChI=1S/C17H18O5/c1-19-14-6-5-11(8-15(14)20-2)3-4-12-7-13(18)17-16(9-12)21-10-22-17/h5-9,18H,3-4,10H2,1-2H3. The summed E-state index contributed by atoms with van der Waals surface area (Å²) in [5.74, 6) is 2.58. The van der Waals surface area contributed by atoms with E-state index in [1.807, 2.05) is 24.3 Å². The van der Waals surface area contributed by atoms with Crippen LogP contribution in [0.1, 0.15) is 11.1 Å². The predicted molar refractivity (Wildman–Crippen MR) is 81.2 cm³/mol. The van der Waals surface area contributed by atoms with Gasteiger partial charge in [0.1, 0.15) is 0 Å². The Morgan fingerprint density at radius 1 is 0.955 bits per heavy atom. The summed E-state index contributed by atoms with van der Waals surface area (Å²) in [6, 6.07) is 9.49. The van der Waals surface area contributed by atoms with Gasteiger partial charge in [0.2, 0.25) is 12.5 Å². The van der Waals surface area contributed by atoms with Crippen molar-refractivity contribution in [2.45, 2.75) is 12.8 Å². The summed E-state index contributed by atoms with van der Waals surface area (Å²) in [5, 5.41) is 9.92. The van der Waals surface area contributed by atoms with Gasteiger partial charge in [0, 0.05) is 0 Å². The van der Waals surface area contributed by atoms with Gasteiger partial charge in [-0.3, -0.25) is 0 Å². The Labute approximate surface area is 129 Å². The van der Waals surface area contributed by atoms with Crippen LogP contribution in [0.5, 0.6) is 28.7 Å². The van der Waals surface area contributed by atoms with Crippen LogP contribution in [0.2, 0.25) is 0 Å². The lowest BCUT2D eigenvalue weighted by molar-refractivity contribution is 0.171. The number of hydrogen-bond acceptors (Lipinski definition) is 5. The second-order valence-corrected chi connectivity index (χ2v) is 5.04. The minimum absolute atomic E-state index is 0.123. The van der Waals surface area contributed by atoms with E-state index in [-0.39, 0.29) is 12.5 Å². The lowest BCUT2D eigenvalue weighted by atomic mass is 10.0. The van der Waals surface area contributed by atoms with E-state index < -0.39 is 0 Å². The van der Waals surface area contributed by atoms with Gasteiger partial charge < -0.3 is 24.1 Å². The van der Waals surface area contributed by atoms with E-state index in [4.69, 9.17) is 18.9 Å². The average molecular weight is 302 g/mol. The molecular weight excluding hydrogens is 284 g/mol. The average Bonchev–Trinajstić information content (AvgIpc) is 3.01. The van der Waals surface area contributed by atoms with Crippen LogP contribution in [-0.4, -0.2) is 26.1 Å². The third-order valence-electron chi connectivity index (χ3n) is 3.66. The lowest BCUT2D eigenvalue weighted by Crippen LogP contribution is -1.95. The first-order chi connectivity index (χ1) is 10.7. The number of rotatable bonds is 5. The van der Waals surface area contributed by atoms with E-state index in [2.05, 4.69) is 0 Å². The van der Waals surface area contributed by atoms with E-state index in [0.29, 0.717) is 23.0 Å². The number of fused-ring (bicyclic) bond motifs is 1. The quantitative estimate of drug-likeness (QED) is 0.920.